The summed E-state index contributed by atoms with van der Waals surface area (Å²) in [4.78, 5) is 16.5. The van der Waals surface area contributed by atoms with Gasteiger partial charge in [0.15, 0.2) is 0 Å². The normalized spacial score (nSPS) is 13.8. The number of nitrogens with zero attached hydrogens (tertiary/aromatic N) is 2. The molecule has 0 aliphatic heterocycles. The lowest BCUT2D eigenvalue weighted by Crippen LogP contribution is -2.26. The molecule has 3 rings (SSSR count). The van der Waals surface area contributed by atoms with Gasteiger partial charge in [0.05, 0.1) is 6.61 Å². The van der Waals surface area contributed by atoms with Gasteiger partial charge in [0.1, 0.15) is 17.3 Å². The minimum Gasteiger partial charge on any atom is -0.481 e. The van der Waals surface area contributed by atoms with Gasteiger partial charge in [-0.25, -0.2) is 13.8 Å². The highest BCUT2D eigenvalue weighted by Gasteiger charge is 2.21. The molecule has 156 valence electrons. The standard InChI is InChI=1S/C22H26F2N2O3/c1-2-26(11-5-9-20(27)28)21-18(23)12-16(13-19(21)24)17-8-4-10-25-22(17)29-14-15-6-3-7-15/h4,8,10,12-13,15H,2-3,5-7,9,11,14H2,1H3,(H,27,28). The third-order valence-electron chi connectivity index (χ3n) is 5.30. The molecule has 1 saturated carbocycles. The molecule has 5 nitrogen and oxygen atoms in total. The number of aliphatic carboxylic acids is 1. The van der Waals surface area contributed by atoms with Gasteiger partial charge in [-0.3, -0.25) is 4.79 Å². The highest BCUT2D eigenvalue weighted by atomic mass is 19.1. The van der Waals surface area contributed by atoms with E-state index in [0.717, 1.165) is 12.8 Å². The van der Waals surface area contributed by atoms with Gasteiger partial charge in [-0.1, -0.05) is 6.42 Å². The van der Waals surface area contributed by atoms with Gasteiger partial charge in [0.25, 0.3) is 0 Å². The zero-order chi connectivity index (χ0) is 20.8. The van der Waals surface area contributed by atoms with Gasteiger partial charge in [-0.15, -0.1) is 0 Å². The topological polar surface area (TPSA) is 62.7 Å². The first-order valence-corrected chi connectivity index (χ1v) is 10.0. The summed E-state index contributed by atoms with van der Waals surface area (Å²) in [5.41, 5.74) is 0.773. The van der Waals surface area contributed by atoms with Crippen molar-refractivity contribution in [2.24, 2.45) is 5.92 Å². The largest absolute Gasteiger partial charge is 0.481 e. The Balaban J connectivity index is 1.82. The fraction of sp³-hybridized carbons (Fsp3) is 0.455. The molecule has 1 aliphatic rings. The number of carboxylic acid groups (broad SMARTS) is 1. The Bertz CT molecular complexity index is 833. The predicted octanol–water partition coefficient (Wildman–Crippen LogP) is 4.90. The number of halogens is 2. The lowest BCUT2D eigenvalue weighted by atomic mass is 9.86. The van der Waals surface area contributed by atoms with Crippen LogP contribution in [0.5, 0.6) is 5.88 Å². The third kappa shape index (κ3) is 5.22. The molecule has 0 bridgehead atoms. The zero-order valence-corrected chi connectivity index (χ0v) is 16.5. The molecule has 0 atom stereocenters. The van der Waals surface area contributed by atoms with Crippen molar-refractivity contribution in [1.82, 2.24) is 4.98 Å². The van der Waals surface area contributed by atoms with Gasteiger partial charge in [-0.2, -0.15) is 0 Å². The van der Waals surface area contributed by atoms with Crippen molar-refractivity contribution in [3.05, 3.63) is 42.1 Å². The number of benzene rings is 1. The second-order valence-corrected chi connectivity index (χ2v) is 7.33. The van der Waals surface area contributed by atoms with E-state index in [0.29, 0.717) is 42.5 Å². The van der Waals surface area contributed by atoms with Crippen LogP contribution < -0.4 is 9.64 Å². The van der Waals surface area contributed by atoms with E-state index in [-0.39, 0.29) is 18.7 Å². The Morgan fingerprint density at radius 1 is 1.31 bits per heavy atom. The maximum absolute atomic E-state index is 14.9. The molecule has 1 aliphatic carbocycles. The highest BCUT2D eigenvalue weighted by Crippen LogP contribution is 2.34. The van der Waals surface area contributed by atoms with E-state index in [1.165, 1.54) is 23.5 Å². The molecule has 0 saturated heterocycles. The van der Waals surface area contributed by atoms with Crippen molar-refractivity contribution in [1.29, 1.82) is 0 Å². The van der Waals surface area contributed by atoms with Crippen LogP contribution in [0.4, 0.5) is 14.5 Å². The van der Waals surface area contributed by atoms with Gasteiger partial charge < -0.3 is 14.7 Å². The number of rotatable bonds is 10. The fourth-order valence-corrected chi connectivity index (χ4v) is 3.45. The van der Waals surface area contributed by atoms with E-state index < -0.39 is 17.6 Å². The third-order valence-corrected chi connectivity index (χ3v) is 5.30. The molecule has 0 radical (unpaired) electrons. The second-order valence-electron chi connectivity index (χ2n) is 7.33. The number of pyridine rings is 1. The minimum absolute atomic E-state index is 0.0464. The number of hydrogen-bond acceptors (Lipinski definition) is 4. The summed E-state index contributed by atoms with van der Waals surface area (Å²) in [6, 6.07) is 6.01. The van der Waals surface area contributed by atoms with Crippen LogP contribution in [0, 0.1) is 17.6 Å². The summed E-state index contributed by atoms with van der Waals surface area (Å²) < 4.78 is 35.6. The summed E-state index contributed by atoms with van der Waals surface area (Å²) in [5, 5.41) is 8.78. The molecular formula is C22H26F2N2O3. The Morgan fingerprint density at radius 2 is 2.03 bits per heavy atom. The summed E-state index contributed by atoms with van der Waals surface area (Å²) in [7, 11) is 0. The molecule has 2 aromatic rings. The second kappa shape index (κ2) is 9.67. The Morgan fingerprint density at radius 3 is 2.62 bits per heavy atom. The number of hydrogen-bond donors (Lipinski definition) is 1. The smallest absolute Gasteiger partial charge is 0.303 e. The first kappa shape index (κ1) is 21.0. The number of ether oxygens (including phenoxy) is 1. The quantitative estimate of drug-likeness (QED) is 0.610. The van der Waals surface area contributed by atoms with Crippen LogP contribution in [-0.4, -0.2) is 35.8 Å². The monoisotopic (exact) mass is 404 g/mol. The molecule has 1 N–H and O–H groups in total. The molecule has 0 amide bonds. The summed E-state index contributed by atoms with van der Waals surface area (Å²) in [6.45, 7) is 2.97. The van der Waals surface area contributed by atoms with Crippen LogP contribution in [0.3, 0.4) is 0 Å². The van der Waals surface area contributed by atoms with E-state index >= 15 is 0 Å². The first-order chi connectivity index (χ1) is 14.0. The molecule has 1 fully saturated rings. The van der Waals surface area contributed by atoms with Gasteiger partial charge >= 0.3 is 5.97 Å². The van der Waals surface area contributed by atoms with Crippen molar-refractivity contribution < 1.29 is 23.4 Å². The molecule has 1 aromatic carbocycles. The van der Waals surface area contributed by atoms with Crippen LogP contribution in [0.25, 0.3) is 11.1 Å². The van der Waals surface area contributed by atoms with Crippen LogP contribution in [0.15, 0.2) is 30.5 Å². The molecule has 29 heavy (non-hydrogen) atoms. The minimum atomic E-state index is -0.927. The molecule has 1 heterocycles. The van der Waals surface area contributed by atoms with Gasteiger partial charge in [-0.05, 0) is 61.9 Å². The Labute approximate surface area is 169 Å². The fourth-order valence-electron chi connectivity index (χ4n) is 3.45. The average molecular weight is 404 g/mol. The number of aromatic nitrogens is 1. The highest BCUT2D eigenvalue weighted by molar-refractivity contribution is 5.71. The average Bonchev–Trinajstić information content (AvgIpc) is 2.65. The summed E-state index contributed by atoms with van der Waals surface area (Å²) in [5.74, 6) is -1.41. The zero-order valence-electron chi connectivity index (χ0n) is 16.5. The summed E-state index contributed by atoms with van der Waals surface area (Å²) >= 11 is 0. The molecule has 1 aromatic heterocycles. The van der Waals surface area contributed by atoms with Crippen molar-refractivity contribution >= 4 is 11.7 Å². The molecule has 0 unspecified atom stereocenters. The van der Waals surface area contributed by atoms with Crippen molar-refractivity contribution in [2.75, 3.05) is 24.6 Å². The lowest BCUT2D eigenvalue weighted by Gasteiger charge is -2.26. The molecular weight excluding hydrogens is 378 g/mol. The first-order valence-electron chi connectivity index (χ1n) is 10.0. The number of carboxylic acids is 1. The van der Waals surface area contributed by atoms with Crippen LogP contribution in [-0.2, 0) is 4.79 Å². The Kier molecular flexibility index (Phi) is 7.01. The van der Waals surface area contributed by atoms with Crippen LogP contribution >= 0.6 is 0 Å². The van der Waals surface area contributed by atoms with Gasteiger partial charge in [0, 0.05) is 31.3 Å². The van der Waals surface area contributed by atoms with Crippen LogP contribution in [0.2, 0.25) is 0 Å². The SMILES string of the molecule is CCN(CCCC(=O)O)c1c(F)cc(-c2cccnc2OCC2CCC2)cc1F. The lowest BCUT2D eigenvalue weighted by molar-refractivity contribution is -0.137. The van der Waals surface area contributed by atoms with Crippen molar-refractivity contribution in [2.45, 2.75) is 39.0 Å². The molecule has 7 heteroatoms. The van der Waals surface area contributed by atoms with E-state index in [1.54, 1.807) is 25.3 Å². The van der Waals surface area contributed by atoms with Crippen molar-refractivity contribution in [3.8, 4) is 17.0 Å². The van der Waals surface area contributed by atoms with E-state index in [1.807, 2.05) is 0 Å². The van der Waals surface area contributed by atoms with Crippen molar-refractivity contribution in [3.63, 3.8) is 0 Å². The predicted molar refractivity (Wildman–Crippen MR) is 107 cm³/mol. The maximum atomic E-state index is 14.9. The maximum Gasteiger partial charge on any atom is 0.303 e. The van der Waals surface area contributed by atoms with E-state index in [4.69, 9.17) is 9.84 Å². The number of anilines is 1. The van der Waals surface area contributed by atoms with E-state index in [9.17, 15) is 13.6 Å². The Hall–Kier alpha value is -2.70. The molecule has 0 spiro atoms. The van der Waals surface area contributed by atoms with Crippen LogP contribution in [0.1, 0.15) is 39.0 Å². The summed E-state index contributed by atoms with van der Waals surface area (Å²) in [6.07, 6.45) is 5.34. The number of carbonyl (C=O) groups is 1. The van der Waals surface area contributed by atoms with Gasteiger partial charge in [0.2, 0.25) is 5.88 Å². The van der Waals surface area contributed by atoms with E-state index in [2.05, 4.69) is 4.98 Å².